The van der Waals surface area contributed by atoms with Crippen molar-refractivity contribution in [3.63, 3.8) is 0 Å². The number of benzene rings is 1. The summed E-state index contributed by atoms with van der Waals surface area (Å²) in [6.45, 7) is 6.73. The van der Waals surface area contributed by atoms with Crippen LogP contribution in [0.25, 0.3) is 11.4 Å². The molecule has 0 unspecified atom stereocenters. The van der Waals surface area contributed by atoms with E-state index in [-0.39, 0.29) is 12.0 Å². The van der Waals surface area contributed by atoms with E-state index in [1.165, 1.54) is 35.2 Å². The summed E-state index contributed by atoms with van der Waals surface area (Å²) >= 11 is 0. The molecule has 0 saturated heterocycles. The summed E-state index contributed by atoms with van der Waals surface area (Å²) in [5, 5.41) is 8.10. The van der Waals surface area contributed by atoms with E-state index < -0.39 is 0 Å². The first-order valence-corrected chi connectivity index (χ1v) is 10.6. The maximum atomic E-state index is 6.04. The van der Waals surface area contributed by atoms with Gasteiger partial charge in [-0.15, -0.1) is 0 Å². The molecule has 1 aliphatic rings. The summed E-state index contributed by atoms with van der Waals surface area (Å²) in [5.41, 5.74) is 12.8. The van der Waals surface area contributed by atoms with E-state index in [4.69, 9.17) is 15.6 Å². The molecule has 30 heavy (non-hydrogen) atoms. The number of rotatable bonds is 6. The highest BCUT2D eigenvalue weighted by Gasteiger charge is 2.22. The van der Waals surface area contributed by atoms with Gasteiger partial charge in [0.2, 0.25) is 5.95 Å². The molecule has 7 heteroatoms. The Kier molecular flexibility index (Phi) is 5.61. The number of hydrogen-bond acceptors (Lipinski definition) is 6. The van der Waals surface area contributed by atoms with Gasteiger partial charge in [0.25, 0.3) is 0 Å². The lowest BCUT2D eigenvalue weighted by Crippen LogP contribution is -2.24. The Labute approximate surface area is 177 Å². The normalized spacial score (nSPS) is 14.3. The molecule has 1 atom stereocenters. The number of hydrogen-bond donors (Lipinski definition) is 2. The molecule has 2 heterocycles. The van der Waals surface area contributed by atoms with Crippen LogP contribution in [0.1, 0.15) is 42.1 Å². The molecule has 0 bridgehead atoms. The molecule has 3 N–H and O–H groups in total. The number of nitrogens with zero attached hydrogens (tertiary/aromatic N) is 4. The van der Waals surface area contributed by atoms with Crippen LogP contribution in [0.5, 0.6) is 5.75 Å². The molecule has 7 nitrogen and oxygen atoms in total. The number of nitrogens with one attached hydrogen (secondary N) is 1. The van der Waals surface area contributed by atoms with Crippen molar-refractivity contribution in [1.29, 1.82) is 0 Å². The van der Waals surface area contributed by atoms with Gasteiger partial charge >= 0.3 is 0 Å². The maximum Gasteiger partial charge on any atom is 0.222 e. The van der Waals surface area contributed by atoms with Gasteiger partial charge in [0.1, 0.15) is 18.2 Å². The van der Waals surface area contributed by atoms with Crippen LogP contribution in [0, 0.1) is 13.8 Å². The monoisotopic (exact) mass is 406 g/mol. The summed E-state index contributed by atoms with van der Waals surface area (Å²) in [4.78, 5) is 8.88. The molecule has 0 fully saturated rings. The van der Waals surface area contributed by atoms with Crippen LogP contribution < -0.4 is 15.8 Å². The van der Waals surface area contributed by atoms with Crippen LogP contribution >= 0.6 is 0 Å². The maximum absolute atomic E-state index is 6.04. The smallest absolute Gasteiger partial charge is 0.222 e. The minimum Gasteiger partial charge on any atom is -0.491 e. The highest BCUT2D eigenvalue weighted by molar-refractivity contribution is 5.65. The summed E-state index contributed by atoms with van der Waals surface area (Å²) in [5.74, 6) is 1.83. The minimum absolute atomic E-state index is 0.0495. The number of ether oxygens (including phenoxy) is 1. The van der Waals surface area contributed by atoms with E-state index >= 15 is 0 Å². The van der Waals surface area contributed by atoms with Crippen molar-refractivity contribution in [2.45, 2.75) is 52.5 Å². The van der Waals surface area contributed by atoms with Gasteiger partial charge in [0.05, 0.1) is 23.1 Å². The fourth-order valence-corrected chi connectivity index (χ4v) is 4.19. The lowest BCUT2D eigenvalue weighted by Gasteiger charge is -2.17. The first kappa shape index (κ1) is 20.2. The Hall–Kier alpha value is -3.09. The molecular weight excluding hydrogens is 376 g/mol. The SMILES string of the molecule is Cc1cc(C)cc(OC[C@@H](C)Nc2cc(-c3c4c(nn3C)CCCC4)nc(N)n2)c1. The van der Waals surface area contributed by atoms with Crippen molar-refractivity contribution in [1.82, 2.24) is 19.7 Å². The number of fused-ring (bicyclic) bond motifs is 1. The standard InChI is InChI=1S/C23H30N6O/c1-14-9-15(2)11-17(10-14)30-13-16(3)25-21-12-20(26-23(24)27-21)22-18-7-5-6-8-19(18)28-29(22)4/h9-12,16H,5-8,13H2,1-4H3,(H3,24,25,26,27)/t16-/m1/s1. The molecule has 0 amide bonds. The molecule has 0 aliphatic heterocycles. The van der Waals surface area contributed by atoms with Crippen molar-refractivity contribution in [3.8, 4) is 17.1 Å². The number of aromatic nitrogens is 4. The van der Waals surface area contributed by atoms with E-state index in [1.54, 1.807) is 0 Å². The minimum atomic E-state index is 0.0495. The van der Waals surface area contributed by atoms with Crippen LogP contribution in [0.3, 0.4) is 0 Å². The highest BCUT2D eigenvalue weighted by atomic mass is 16.5. The first-order valence-electron chi connectivity index (χ1n) is 10.6. The third-order valence-corrected chi connectivity index (χ3v) is 5.39. The largest absolute Gasteiger partial charge is 0.491 e. The molecule has 1 aliphatic carbocycles. The topological polar surface area (TPSA) is 90.9 Å². The van der Waals surface area contributed by atoms with Crippen LogP contribution in [0.15, 0.2) is 24.3 Å². The van der Waals surface area contributed by atoms with Crippen molar-refractivity contribution in [2.75, 3.05) is 17.7 Å². The van der Waals surface area contributed by atoms with Crippen molar-refractivity contribution in [3.05, 3.63) is 46.6 Å². The zero-order chi connectivity index (χ0) is 21.3. The fourth-order valence-electron chi connectivity index (χ4n) is 4.19. The molecular formula is C23H30N6O. The molecule has 158 valence electrons. The highest BCUT2D eigenvalue weighted by Crippen LogP contribution is 2.31. The molecule has 4 rings (SSSR count). The van der Waals surface area contributed by atoms with Crippen molar-refractivity contribution < 1.29 is 4.74 Å². The number of nitrogen functional groups attached to an aromatic ring is 1. The Morgan fingerprint density at radius 3 is 2.60 bits per heavy atom. The van der Waals surface area contributed by atoms with Gasteiger partial charge in [0, 0.05) is 18.7 Å². The number of aryl methyl sites for hydroxylation is 4. The quantitative estimate of drug-likeness (QED) is 0.646. The lowest BCUT2D eigenvalue weighted by molar-refractivity contribution is 0.303. The lowest BCUT2D eigenvalue weighted by atomic mass is 9.95. The van der Waals surface area contributed by atoms with Gasteiger partial charge in [-0.3, -0.25) is 4.68 Å². The molecule has 3 aromatic rings. The van der Waals surface area contributed by atoms with Gasteiger partial charge in [0.15, 0.2) is 0 Å². The van der Waals surface area contributed by atoms with Gasteiger partial charge in [-0.05, 0) is 69.7 Å². The summed E-state index contributed by atoms with van der Waals surface area (Å²) in [6.07, 6.45) is 4.44. The Bertz CT molecular complexity index is 1040. The summed E-state index contributed by atoms with van der Waals surface area (Å²) in [7, 11) is 1.97. The van der Waals surface area contributed by atoms with Crippen LogP contribution in [-0.4, -0.2) is 32.4 Å². The van der Waals surface area contributed by atoms with Gasteiger partial charge in [-0.25, -0.2) is 4.98 Å². The second-order valence-corrected chi connectivity index (χ2v) is 8.28. The number of anilines is 2. The summed E-state index contributed by atoms with van der Waals surface area (Å²) < 4.78 is 7.90. The van der Waals surface area contributed by atoms with Crippen LogP contribution in [-0.2, 0) is 19.9 Å². The van der Waals surface area contributed by atoms with E-state index in [0.717, 1.165) is 30.0 Å². The van der Waals surface area contributed by atoms with Gasteiger partial charge in [-0.1, -0.05) is 6.07 Å². The first-order chi connectivity index (χ1) is 14.4. The van der Waals surface area contributed by atoms with E-state index in [2.05, 4.69) is 42.1 Å². The van der Waals surface area contributed by atoms with E-state index in [0.29, 0.717) is 12.4 Å². The Morgan fingerprint density at radius 1 is 1.10 bits per heavy atom. The fraction of sp³-hybridized carbons (Fsp3) is 0.435. The second kappa shape index (κ2) is 8.34. The number of nitrogens with two attached hydrogens (primary N) is 1. The van der Waals surface area contributed by atoms with Crippen molar-refractivity contribution >= 4 is 11.8 Å². The predicted molar refractivity (Wildman–Crippen MR) is 120 cm³/mol. The van der Waals surface area contributed by atoms with Gasteiger partial charge < -0.3 is 15.8 Å². The Morgan fingerprint density at radius 2 is 1.83 bits per heavy atom. The van der Waals surface area contributed by atoms with E-state index in [9.17, 15) is 0 Å². The second-order valence-electron chi connectivity index (χ2n) is 8.28. The zero-order valence-electron chi connectivity index (χ0n) is 18.2. The third kappa shape index (κ3) is 4.40. The molecule has 0 saturated carbocycles. The van der Waals surface area contributed by atoms with E-state index in [1.807, 2.05) is 29.9 Å². The zero-order valence-corrected chi connectivity index (χ0v) is 18.2. The van der Waals surface area contributed by atoms with Crippen molar-refractivity contribution in [2.24, 2.45) is 7.05 Å². The Balaban J connectivity index is 1.50. The average Bonchev–Trinajstić information content (AvgIpc) is 3.01. The molecule has 0 spiro atoms. The van der Waals surface area contributed by atoms with Crippen LogP contribution in [0.4, 0.5) is 11.8 Å². The predicted octanol–water partition coefficient (Wildman–Crippen LogP) is 3.83. The third-order valence-electron chi connectivity index (χ3n) is 5.39. The molecule has 0 radical (unpaired) electrons. The van der Waals surface area contributed by atoms with Gasteiger partial charge in [-0.2, -0.15) is 10.1 Å². The molecule has 1 aromatic carbocycles. The average molecular weight is 407 g/mol. The summed E-state index contributed by atoms with van der Waals surface area (Å²) in [6, 6.07) is 8.23. The van der Waals surface area contributed by atoms with Crippen LogP contribution in [0.2, 0.25) is 0 Å². The molecule has 2 aromatic heterocycles.